The summed E-state index contributed by atoms with van der Waals surface area (Å²) in [6.07, 6.45) is -0.165. The lowest BCUT2D eigenvalue weighted by molar-refractivity contribution is -0.198. The minimum absolute atomic E-state index is 0. The number of benzene rings is 1. The van der Waals surface area contributed by atoms with Crippen molar-refractivity contribution in [1.82, 2.24) is 5.32 Å². The summed E-state index contributed by atoms with van der Waals surface area (Å²) < 4.78 is 39.7. The van der Waals surface area contributed by atoms with Gasteiger partial charge in [-0.1, -0.05) is 18.9 Å². The third kappa shape index (κ3) is 4.40. The largest absolute Gasteiger partial charge is 0.399 e. The van der Waals surface area contributed by atoms with E-state index in [1.54, 1.807) is 6.07 Å². The number of nitrogens with one attached hydrogen (secondary N) is 1. The molecule has 1 amide bonds. The molecule has 0 heterocycles. The summed E-state index contributed by atoms with van der Waals surface area (Å²) in [7, 11) is 0. The van der Waals surface area contributed by atoms with Crippen LogP contribution in [0.1, 0.15) is 55.7 Å². The fourth-order valence-corrected chi connectivity index (χ4v) is 4.10. The van der Waals surface area contributed by atoms with Crippen LogP contribution in [0.15, 0.2) is 18.2 Å². The van der Waals surface area contributed by atoms with E-state index in [1.807, 2.05) is 12.1 Å². The fourth-order valence-electron chi connectivity index (χ4n) is 4.10. The first-order valence-electron chi connectivity index (χ1n) is 8.61. The van der Waals surface area contributed by atoms with Crippen LogP contribution in [0.3, 0.4) is 0 Å². The molecule has 0 aromatic heterocycles. The molecule has 2 aliphatic rings. The molecule has 0 aliphatic heterocycles. The van der Waals surface area contributed by atoms with Crippen LogP contribution in [-0.4, -0.2) is 12.1 Å². The zero-order chi connectivity index (χ0) is 17.3. The van der Waals surface area contributed by atoms with Crippen LogP contribution in [0, 0.1) is 11.8 Å². The highest BCUT2D eigenvalue weighted by atomic mass is 35.5. The van der Waals surface area contributed by atoms with E-state index in [2.05, 4.69) is 5.32 Å². The van der Waals surface area contributed by atoms with Gasteiger partial charge in [-0.25, -0.2) is 0 Å². The number of aryl methyl sites for hydroxylation is 1. The maximum Gasteiger partial charge on any atom is 0.392 e. The summed E-state index contributed by atoms with van der Waals surface area (Å²) >= 11 is 0. The molecule has 2 aliphatic carbocycles. The molecule has 0 radical (unpaired) electrons. The van der Waals surface area contributed by atoms with Gasteiger partial charge in [-0.3, -0.25) is 4.79 Å². The third-order valence-corrected chi connectivity index (χ3v) is 5.32. The Kier molecular flexibility index (Phi) is 6.25. The van der Waals surface area contributed by atoms with E-state index >= 15 is 0 Å². The standard InChI is InChI=1S/C18H23F3N2O.ClH/c19-18(20,21)15-6-2-1-5-14(15)17(24)23-16-7-3-4-11-10-12(22)8-9-13(11)16;/h8-10,14-16H,1-7,22H2,(H,23,24);1H. The Morgan fingerprint density at radius 3 is 2.56 bits per heavy atom. The number of hydrogen-bond acceptors (Lipinski definition) is 2. The van der Waals surface area contributed by atoms with Crippen molar-refractivity contribution in [3.63, 3.8) is 0 Å². The highest BCUT2D eigenvalue weighted by Gasteiger charge is 2.48. The Morgan fingerprint density at radius 2 is 1.84 bits per heavy atom. The molecule has 25 heavy (non-hydrogen) atoms. The van der Waals surface area contributed by atoms with Crippen molar-refractivity contribution >= 4 is 24.0 Å². The van der Waals surface area contributed by atoms with E-state index in [9.17, 15) is 18.0 Å². The van der Waals surface area contributed by atoms with Crippen LogP contribution in [0.25, 0.3) is 0 Å². The monoisotopic (exact) mass is 376 g/mol. The molecule has 7 heteroatoms. The number of halogens is 4. The molecule has 140 valence electrons. The van der Waals surface area contributed by atoms with Crippen LogP contribution in [0.5, 0.6) is 0 Å². The highest BCUT2D eigenvalue weighted by Crippen LogP contribution is 2.42. The van der Waals surface area contributed by atoms with Crippen molar-refractivity contribution in [2.45, 2.75) is 57.2 Å². The third-order valence-electron chi connectivity index (χ3n) is 5.32. The Hall–Kier alpha value is -1.43. The number of nitrogens with two attached hydrogens (primary N) is 1. The smallest absolute Gasteiger partial charge is 0.392 e. The quantitative estimate of drug-likeness (QED) is 0.744. The molecule has 3 atom stereocenters. The second kappa shape index (κ2) is 7.85. The molecule has 0 spiro atoms. The Labute approximate surface area is 152 Å². The van der Waals surface area contributed by atoms with Crippen molar-refractivity contribution in [2.75, 3.05) is 5.73 Å². The van der Waals surface area contributed by atoms with Gasteiger partial charge in [-0.2, -0.15) is 13.2 Å². The van der Waals surface area contributed by atoms with Gasteiger partial charge >= 0.3 is 6.18 Å². The predicted molar refractivity (Wildman–Crippen MR) is 93.4 cm³/mol. The average Bonchev–Trinajstić information content (AvgIpc) is 2.54. The lowest BCUT2D eigenvalue weighted by atomic mass is 9.77. The normalized spacial score (nSPS) is 26.3. The van der Waals surface area contributed by atoms with E-state index in [1.165, 1.54) is 0 Å². The first-order valence-corrected chi connectivity index (χ1v) is 8.61. The lowest BCUT2D eigenvalue weighted by Gasteiger charge is -2.34. The van der Waals surface area contributed by atoms with Gasteiger partial charge in [-0.15, -0.1) is 12.4 Å². The van der Waals surface area contributed by atoms with Gasteiger partial charge in [0.2, 0.25) is 5.91 Å². The van der Waals surface area contributed by atoms with Gasteiger partial charge in [0.25, 0.3) is 0 Å². The topological polar surface area (TPSA) is 55.1 Å². The Balaban J connectivity index is 0.00000225. The van der Waals surface area contributed by atoms with Crippen molar-refractivity contribution in [2.24, 2.45) is 11.8 Å². The summed E-state index contributed by atoms with van der Waals surface area (Å²) in [5, 5.41) is 2.89. The molecule has 1 aromatic rings. The molecular weight excluding hydrogens is 353 g/mol. The van der Waals surface area contributed by atoms with Gasteiger partial charge in [0.15, 0.2) is 0 Å². The summed E-state index contributed by atoms with van der Waals surface area (Å²) in [6, 6.07) is 5.35. The van der Waals surface area contributed by atoms with Crippen LogP contribution < -0.4 is 11.1 Å². The average molecular weight is 377 g/mol. The minimum Gasteiger partial charge on any atom is -0.399 e. The predicted octanol–water partition coefficient (Wildman–Crippen LogP) is 4.55. The number of amides is 1. The molecular formula is C18H24ClF3N2O. The number of alkyl halides is 3. The van der Waals surface area contributed by atoms with Gasteiger partial charge in [0, 0.05) is 11.6 Å². The first-order chi connectivity index (χ1) is 11.4. The molecule has 1 saturated carbocycles. The SMILES string of the molecule is Cl.Nc1ccc2c(c1)CCCC2NC(=O)C1CCCCC1C(F)(F)F. The van der Waals surface area contributed by atoms with Crippen LogP contribution in [-0.2, 0) is 11.2 Å². The minimum atomic E-state index is -4.30. The lowest BCUT2D eigenvalue weighted by Crippen LogP contribution is -2.44. The van der Waals surface area contributed by atoms with E-state index < -0.39 is 23.9 Å². The molecule has 1 fully saturated rings. The van der Waals surface area contributed by atoms with E-state index in [0.29, 0.717) is 24.9 Å². The highest BCUT2D eigenvalue weighted by molar-refractivity contribution is 5.85. The fraction of sp³-hybridized carbons (Fsp3) is 0.611. The molecule has 3 rings (SSSR count). The summed E-state index contributed by atoms with van der Waals surface area (Å²) in [6.45, 7) is 0. The Bertz CT molecular complexity index is 621. The van der Waals surface area contributed by atoms with E-state index in [4.69, 9.17) is 5.73 Å². The number of anilines is 1. The van der Waals surface area contributed by atoms with Gasteiger partial charge in [0.05, 0.1) is 12.0 Å². The van der Waals surface area contributed by atoms with Gasteiger partial charge in [0.1, 0.15) is 0 Å². The van der Waals surface area contributed by atoms with E-state index in [-0.39, 0.29) is 24.9 Å². The first kappa shape index (κ1) is 19.9. The number of hydrogen-bond donors (Lipinski definition) is 2. The van der Waals surface area contributed by atoms with Crippen molar-refractivity contribution in [1.29, 1.82) is 0 Å². The zero-order valence-corrected chi connectivity index (χ0v) is 14.8. The molecule has 0 saturated heterocycles. The van der Waals surface area contributed by atoms with Gasteiger partial charge < -0.3 is 11.1 Å². The maximum atomic E-state index is 13.2. The number of carbonyl (C=O) groups excluding carboxylic acids is 1. The van der Waals surface area contributed by atoms with Crippen LogP contribution >= 0.6 is 12.4 Å². The van der Waals surface area contributed by atoms with E-state index in [0.717, 1.165) is 30.4 Å². The molecule has 1 aromatic carbocycles. The zero-order valence-electron chi connectivity index (χ0n) is 13.9. The summed E-state index contributed by atoms with van der Waals surface area (Å²) in [5.74, 6) is -2.93. The molecule has 3 unspecified atom stereocenters. The van der Waals surface area contributed by atoms with Crippen LogP contribution in [0.4, 0.5) is 18.9 Å². The second-order valence-corrected chi connectivity index (χ2v) is 6.95. The van der Waals surface area contributed by atoms with Gasteiger partial charge in [-0.05, 0) is 55.4 Å². The number of carbonyl (C=O) groups is 1. The van der Waals surface area contributed by atoms with Crippen molar-refractivity contribution in [3.05, 3.63) is 29.3 Å². The molecule has 3 nitrogen and oxygen atoms in total. The molecule has 3 N–H and O–H groups in total. The Morgan fingerprint density at radius 1 is 1.12 bits per heavy atom. The number of nitrogen functional groups attached to an aromatic ring is 1. The second-order valence-electron chi connectivity index (χ2n) is 6.95. The summed E-state index contributed by atoms with van der Waals surface area (Å²) in [4.78, 5) is 12.6. The van der Waals surface area contributed by atoms with Crippen molar-refractivity contribution < 1.29 is 18.0 Å². The van der Waals surface area contributed by atoms with Crippen LogP contribution in [0.2, 0.25) is 0 Å². The number of rotatable bonds is 2. The maximum absolute atomic E-state index is 13.2. The molecule has 0 bridgehead atoms. The number of fused-ring (bicyclic) bond motifs is 1. The van der Waals surface area contributed by atoms with Crippen molar-refractivity contribution in [3.8, 4) is 0 Å². The summed E-state index contributed by atoms with van der Waals surface area (Å²) in [5.41, 5.74) is 8.55.